The number of benzene rings is 2. The first-order valence-corrected chi connectivity index (χ1v) is 10.7. The van der Waals surface area contributed by atoms with Gasteiger partial charge in [-0.1, -0.05) is 26.0 Å². The molecule has 9 heteroatoms. The maximum Gasteiger partial charge on any atom is 0.351 e. The average molecular weight is 455 g/mol. The van der Waals surface area contributed by atoms with Crippen LogP contribution in [0.15, 0.2) is 47.3 Å². The highest BCUT2D eigenvalue weighted by molar-refractivity contribution is 5.78. The van der Waals surface area contributed by atoms with Gasteiger partial charge in [0.2, 0.25) is 0 Å². The maximum atomic E-state index is 13.1. The molecule has 0 amide bonds. The molecule has 2 aromatic carbocycles. The van der Waals surface area contributed by atoms with Gasteiger partial charge in [-0.25, -0.2) is 4.79 Å². The van der Waals surface area contributed by atoms with Gasteiger partial charge in [-0.3, -0.25) is 10.1 Å². The van der Waals surface area contributed by atoms with Crippen LogP contribution < -0.4 is 25.2 Å². The summed E-state index contributed by atoms with van der Waals surface area (Å²) in [6, 6.07) is 11.6. The molecule has 1 N–H and O–H groups in total. The topological polar surface area (TPSA) is 105 Å². The largest absolute Gasteiger partial charge is 0.497 e. The Hall–Kier alpha value is -3.46. The molecule has 1 unspecified atom stereocenters. The van der Waals surface area contributed by atoms with Crippen molar-refractivity contribution in [3.63, 3.8) is 0 Å². The van der Waals surface area contributed by atoms with Crippen LogP contribution in [-0.4, -0.2) is 41.4 Å². The number of hydrogen-bond donors (Lipinski definition) is 1. The van der Waals surface area contributed by atoms with Crippen LogP contribution in [-0.2, 0) is 10.3 Å². The van der Waals surface area contributed by atoms with Crippen molar-refractivity contribution in [2.45, 2.75) is 45.7 Å². The molecule has 0 radical (unpaired) electrons. The van der Waals surface area contributed by atoms with Crippen LogP contribution in [0.1, 0.15) is 39.7 Å². The molecule has 0 spiro atoms. The summed E-state index contributed by atoms with van der Waals surface area (Å²) in [6.45, 7) is 7.91. The zero-order chi connectivity index (χ0) is 24.2. The van der Waals surface area contributed by atoms with Gasteiger partial charge in [0, 0.05) is 11.6 Å². The Labute approximate surface area is 192 Å². The van der Waals surface area contributed by atoms with Crippen LogP contribution in [0.5, 0.6) is 11.5 Å². The number of rotatable bonds is 9. The fourth-order valence-electron chi connectivity index (χ4n) is 3.56. The summed E-state index contributed by atoms with van der Waals surface area (Å²) in [5, 5.41) is 11.4. The zero-order valence-electron chi connectivity index (χ0n) is 19.8. The molecule has 33 heavy (non-hydrogen) atoms. The Morgan fingerprint density at radius 3 is 2.33 bits per heavy atom. The third kappa shape index (κ3) is 5.67. The lowest BCUT2D eigenvalue weighted by molar-refractivity contribution is -0.150. The van der Waals surface area contributed by atoms with Crippen LogP contribution in [0, 0.1) is 5.92 Å². The second-order valence-electron chi connectivity index (χ2n) is 8.75. The molecule has 1 heterocycles. The van der Waals surface area contributed by atoms with Gasteiger partial charge in [-0.15, -0.1) is 5.10 Å². The Morgan fingerprint density at radius 1 is 1.09 bits per heavy atom. The molecule has 0 fully saturated rings. The molecule has 3 aromatic rings. The second kappa shape index (κ2) is 9.99. The van der Waals surface area contributed by atoms with Gasteiger partial charge in [-0.2, -0.15) is 0 Å². The summed E-state index contributed by atoms with van der Waals surface area (Å²) in [4.78, 5) is 31.8. The van der Waals surface area contributed by atoms with E-state index < -0.39 is 23.1 Å². The van der Waals surface area contributed by atoms with Crippen molar-refractivity contribution in [3.05, 3.63) is 58.4 Å². The number of hydrogen-bond acceptors (Lipinski definition) is 8. The lowest BCUT2D eigenvalue weighted by Crippen LogP contribution is -2.51. The van der Waals surface area contributed by atoms with E-state index >= 15 is 0 Å². The van der Waals surface area contributed by atoms with E-state index in [0.29, 0.717) is 33.7 Å². The number of carbonyl (C=O) groups is 1. The zero-order valence-corrected chi connectivity index (χ0v) is 19.8. The predicted molar refractivity (Wildman–Crippen MR) is 124 cm³/mol. The van der Waals surface area contributed by atoms with Crippen molar-refractivity contribution < 1.29 is 19.1 Å². The van der Waals surface area contributed by atoms with Crippen LogP contribution in [0.2, 0.25) is 0 Å². The van der Waals surface area contributed by atoms with Crippen molar-refractivity contribution in [1.82, 2.24) is 20.5 Å². The lowest BCUT2D eigenvalue weighted by Gasteiger charge is -2.32. The van der Waals surface area contributed by atoms with Crippen LogP contribution in [0.25, 0.3) is 10.9 Å². The standard InChI is InChI=1S/C24H30N4O5/c1-15(2)11-21(25-24(3,4)16-12-17(31-5)14-18(13-16)32-6)23(30)33-28-22(29)19-9-7-8-10-20(19)26-27-28/h7-10,12-15,21,25H,11H2,1-6H3. The summed E-state index contributed by atoms with van der Waals surface area (Å²) in [5.74, 6) is 0.837. The molecule has 0 aliphatic carbocycles. The highest BCUT2D eigenvalue weighted by atomic mass is 16.7. The predicted octanol–water partition coefficient (Wildman–Crippen LogP) is 2.70. The lowest BCUT2D eigenvalue weighted by atomic mass is 9.91. The number of aromatic nitrogens is 3. The quantitative estimate of drug-likeness (QED) is 0.492. The number of carbonyl (C=O) groups excluding carboxylic acids is 1. The minimum atomic E-state index is -0.711. The fourth-order valence-corrected chi connectivity index (χ4v) is 3.56. The second-order valence-corrected chi connectivity index (χ2v) is 8.75. The number of methoxy groups -OCH3 is 2. The van der Waals surface area contributed by atoms with Gasteiger partial charge in [0.25, 0.3) is 0 Å². The highest BCUT2D eigenvalue weighted by Crippen LogP contribution is 2.30. The van der Waals surface area contributed by atoms with E-state index in [1.165, 1.54) is 0 Å². The maximum absolute atomic E-state index is 13.1. The Morgan fingerprint density at radius 2 is 1.73 bits per heavy atom. The number of nitrogens with zero attached hydrogens (tertiary/aromatic N) is 3. The molecule has 0 aliphatic rings. The molecule has 9 nitrogen and oxygen atoms in total. The molecule has 176 valence electrons. The summed E-state index contributed by atoms with van der Waals surface area (Å²) in [5.41, 5.74) is 0.0946. The van der Waals surface area contributed by atoms with Crippen molar-refractivity contribution in [1.29, 1.82) is 0 Å². The summed E-state index contributed by atoms with van der Waals surface area (Å²) in [7, 11) is 3.17. The van der Waals surface area contributed by atoms with Crippen molar-refractivity contribution >= 4 is 16.9 Å². The van der Waals surface area contributed by atoms with Crippen LogP contribution in [0.4, 0.5) is 0 Å². The van der Waals surface area contributed by atoms with E-state index in [-0.39, 0.29) is 5.92 Å². The van der Waals surface area contributed by atoms with Gasteiger partial charge in [0.1, 0.15) is 23.1 Å². The van der Waals surface area contributed by atoms with E-state index in [0.717, 1.165) is 5.56 Å². The van der Waals surface area contributed by atoms with Crippen LogP contribution >= 0.6 is 0 Å². The minimum Gasteiger partial charge on any atom is -0.497 e. The molecule has 0 saturated heterocycles. The number of ether oxygens (including phenoxy) is 2. The number of nitrogens with one attached hydrogen (secondary N) is 1. The molecule has 0 bridgehead atoms. The first-order valence-electron chi connectivity index (χ1n) is 10.7. The third-order valence-electron chi connectivity index (χ3n) is 5.32. The minimum absolute atomic E-state index is 0.185. The summed E-state index contributed by atoms with van der Waals surface area (Å²) < 4.78 is 10.8. The van der Waals surface area contributed by atoms with Gasteiger partial charge >= 0.3 is 11.5 Å². The molecule has 0 aliphatic heterocycles. The number of fused-ring (bicyclic) bond motifs is 1. The van der Waals surface area contributed by atoms with Crippen molar-refractivity contribution in [3.8, 4) is 11.5 Å². The SMILES string of the molecule is COc1cc(OC)cc(C(C)(C)NC(CC(C)C)C(=O)On2nnc3ccccc3c2=O)c1. The molecular formula is C24H30N4O5. The highest BCUT2D eigenvalue weighted by Gasteiger charge is 2.31. The molecule has 1 atom stereocenters. The van der Waals surface area contributed by atoms with E-state index in [1.54, 1.807) is 44.6 Å². The van der Waals surface area contributed by atoms with Gasteiger partial charge < -0.3 is 14.3 Å². The van der Waals surface area contributed by atoms with E-state index in [2.05, 4.69) is 15.6 Å². The van der Waals surface area contributed by atoms with Crippen molar-refractivity contribution in [2.75, 3.05) is 14.2 Å². The van der Waals surface area contributed by atoms with E-state index in [1.807, 2.05) is 39.8 Å². The fraction of sp³-hybridized carbons (Fsp3) is 0.417. The molecule has 0 saturated carbocycles. The summed E-state index contributed by atoms with van der Waals surface area (Å²) in [6.07, 6.45) is 0.485. The average Bonchev–Trinajstić information content (AvgIpc) is 2.79. The molecule has 1 aromatic heterocycles. The van der Waals surface area contributed by atoms with Crippen LogP contribution in [0.3, 0.4) is 0 Å². The van der Waals surface area contributed by atoms with E-state index in [4.69, 9.17) is 14.3 Å². The normalized spacial score (nSPS) is 12.6. The monoisotopic (exact) mass is 454 g/mol. The first-order chi connectivity index (χ1) is 15.6. The summed E-state index contributed by atoms with van der Waals surface area (Å²) >= 11 is 0. The van der Waals surface area contributed by atoms with Gasteiger partial charge in [-0.05, 0) is 66.1 Å². The van der Waals surface area contributed by atoms with Crippen molar-refractivity contribution in [2.24, 2.45) is 5.92 Å². The Balaban J connectivity index is 1.88. The Bertz CT molecular complexity index is 1170. The van der Waals surface area contributed by atoms with Gasteiger partial charge in [0.15, 0.2) is 0 Å². The first kappa shape index (κ1) is 24.2. The van der Waals surface area contributed by atoms with E-state index in [9.17, 15) is 9.59 Å². The third-order valence-corrected chi connectivity index (χ3v) is 5.32. The smallest absolute Gasteiger partial charge is 0.351 e. The van der Waals surface area contributed by atoms with Gasteiger partial charge in [0.05, 0.1) is 19.6 Å². The molecule has 3 rings (SSSR count). The Kier molecular flexibility index (Phi) is 7.33. The molecular weight excluding hydrogens is 424 g/mol.